The highest BCUT2D eigenvalue weighted by molar-refractivity contribution is 6.27. The van der Waals surface area contributed by atoms with Gasteiger partial charge in [0.05, 0.1) is 6.04 Å². The quantitative estimate of drug-likeness (QED) is 0.588. The van der Waals surface area contributed by atoms with Crippen molar-refractivity contribution >= 4 is 17.5 Å². The Morgan fingerprint density at radius 1 is 1.44 bits per heavy atom. The van der Waals surface area contributed by atoms with Crippen molar-refractivity contribution in [3.05, 3.63) is 12.2 Å². The lowest BCUT2D eigenvalue weighted by molar-refractivity contribution is -0.119. The molecule has 1 saturated carbocycles. The van der Waals surface area contributed by atoms with E-state index in [2.05, 4.69) is 11.9 Å². The molecule has 0 bridgehead atoms. The Hall–Kier alpha value is -0.540. The van der Waals surface area contributed by atoms with Crippen LogP contribution in [0.4, 0.5) is 0 Å². The fraction of sp³-hybridized carbons (Fsp3) is 0.750. The second-order valence-corrected chi connectivity index (χ2v) is 4.67. The normalized spacial score (nSPS) is 27.0. The van der Waals surface area contributed by atoms with E-state index in [1.54, 1.807) is 0 Å². The average molecular weight is 245 g/mol. The van der Waals surface area contributed by atoms with Crippen LogP contribution in [0.15, 0.2) is 12.2 Å². The van der Waals surface area contributed by atoms with Crippen molar-refractivity contribution in [2.24, 2.45) is 11.7 Å². The van der Waals surface area contributed by atoms with Crippen LogP contribution in [0.5, 0.6) is 0 Å². The van der Waals surface area contributed by atoms with Crippen LogP contribution in [-0.4, -0.2) is 24.4 Å². The molecule has 0 heterocycles. The molecule has 92 valence electrons. The van der Waals surface area contributed by atoms with Crippen molar-refractivity contribution in [2.45, 2.75) is 38.1 Å². The lowest BCUT2D eigenvalue weighted by atomic mass is 9.84. The van der Waals surface area contributed by atoms with Gasteiger partial charge in [0.1, 0.15) is 5.88 Å². The second-order valence-electron chi connectivity index (χ2n) is 4.40. The van der Waals surface area contributed by atoms with E-state index in [4.69, 9.17) is 17.3 Å². The van der Waals surface area contributed by atoms with Gasteiger partial charge in [-0.2, -0.15) is 0 Å². The standard InChI is InChI=1S/C12H21ClN2O/c1-9-10(8-14)5-3-2-4-6-11(9)15-12(16)7-13/h10-11H,1-8,14H2,(H,15,16). The van der Waals surface area contributed by atoms with Crippen LogP contribution in [0.3, 0.4) is 0 Å². The molecule has 16 heavy (non-hydrogen) atoms. The molecule has 1 aliphatic carbocycles. The molecule has 2 atom stereocenters. The van der Waals surface area contributed by atoms with Gasteiger partial charge in [-0.1, -0.05) is 31.4 Å². The number of hydrogen-bond donors (Lipinski definition) is 2. The molecule has 0 aromatic heterocycles. The summed E-state index contributed by atoms with van der Waals surface area (Å²) in [7, 11) is 0. The minimum Gasteiger partial charge on any atom is -0.349 e. The highest BCUT2D eigenvalue weighted by Crippen LogP contribution is 2.25. The summed E-state index contributed by atoms with van der Waals surface area (Å²) in [5.74, 6) is 0.224. The van der Waals surface area contributed by atoms with Gasteiger partial charge in [-0.15, -0.1) is 11.6 Å². The van der Waals surface area contributed by atoms with Crippen LogP contribution >= 0.6 is 11.6 Å². The Morgan fingerprint density at radius 2 is 2.12 bits per heavy atom. The highest BCUT2D eigenvalue weighted by atomic mass is 35.5. The molecule has 1 amide bonds. The highest BCUT2D eigenvalue weighted by Gasteiger charge is 2.23. The summed E-state index contributed by atoms with van der Waals surface area (Å²) < 4.78 is 0. The molecule has 0 saturated heterocycles. The molecule has 2 unspecified atom stereocenters. The van der Waals surface area contributed by atoms with Gasteiger partial charge < -0.3 is 11.1 Å². The minimum atomic E-state index is -0.121. The largest absolute Gasteiger partial charge is 0.349 e. The molecular formula is C12H21ClN2O. The smallest absolute Gasteiger partial charge is 0.235 e. The molecular weight excluding hydrogens is 224 g/mol. The number of alkyl halides is 1. The van der Waals surface area contributed by atoms with E-state index in [9.17, 15) is 4.79 Å². The number of amides is 1. The van der Waals surface area contributed by atoms with E-state index in [1.807, 2.05) is 0 Å². The SMILES string of the molecule is C=C1C(CN)CCCCCC1NC(=O)CCl. The summed E-state index contributed by atoms with van der Waals surface area (Å²) >= 11 is 5.50. The molecule has 0 aliphatic heterocycles. The summed E-state index contributed by atoms with van der Waals surface area (Å²) in [6.07, 6.45) is 5.58. The third kappa shape index (κ3) is 3.80. The fourth-order valence-electron chi connectivity index (χ4n) is 2.24. The molecule has 3 nitrogen and oxygen atoms in total. The third-order valence-corrected chi connectivity index (χ3v) is 3.50. The number of nitrogens with two attached hydrogens (primary N) is 1. The number of nitrogens with one attached hydrogen (secondary N) is 1. The molecule has 1 aliphatic rings. The number of rotatable bonds is 3. The number of hydrogen-bond acceptors (Lipinski definition) is 2. The van der Waals surface area contributed by atoms with Crippen molar-refractivity contribution in [3.63, 3.8) is 0 Å². The van der Waals surface area contributed by atoms with Crippen molar-refractivity contribution in [1.82, 2.24) is 5.32 Å². The van der Waals surface area contributed by atoms with E-state index >= 15 is 0 Å². The number of carbonyl (C=O) groups excluding carboxylic acids is 1. The van der Waals surface area contributed by atoms with Gasteiger partial charge >= 0.3 is 0 Å². The Morgan fingerprint density at radius 3 is 2.75 bits per heavy atom. The Labute approximate surface area is 102 Å². The minimum absolute atomic E-state index is 0.0110. The van der Waals surface area contributed by atoms with Gasteiger partial charge in [0.15, 0.2) is 0 Å². The van der Waals surface area contributed by atoms with Crippen molar-refractivity contribution < 1.29 is 4.79 Å². The maximum Gasteiger partial charge on any atom is 0.235 e. The van der Waals surface area contributed by atoms with Gasteiger partial charge in [-0.3, -0.25) is 4.79 Å². The maximum absolute atomic E-state index is 11.3. The number of carbonyl (C=O) groups is 1. The molecule has 1 rings (SSSR count). The molecule has 0 radical (unpaired) electrons. The fourth-order valence-corrected chi connectivity index (χ4v) is 2.32. The second kappa shape index (κ2) is 6.92. The first-order chi connectivity index (χ1) is 7.69. The molecule has 1 fully saturated rings. The third-order valence-electron chi connectivity index (χ3n) is 3.26. The van der Waals surface area contributed by atoms with E-state index < -0.39 is 0 Å². The summed E-state index contributed by atoms with van der Waals surface area (Å²) in [5.41, 5.74) is 6.81. The van der Waals surface area contributed by atoms with E-state index in [1.165, 1.54) is 12.8 Å². The molecule has 0 aromatic rings. The first-order valence-corrected chi connectivity index (χ1v) is 6.46. The van der Waals surface area contributed by atoms with Crippen molar-refractivity contribution in [3.8, 4) is 0 Å². The Kier molecular flexibility index (Phi) is 5.85. The predicted octanol–water partition coefficient (Wildman–Crippen LogP) is 1.81. The first kappa shape index (κ1) is 13.5. The van der Waals surface area contributed by atoms with Crippen molar-refractivity contribution in [2.75, 3.05) is 12.4 Å². The van der Waals surface area contributed by atoms with E-state index in [-0.39, 0.29) is 17.8 Å². The van der Waals surface area contributed by atoms with Gasteiger partial charge in [-0.25, -0.2) is 0 Å². The molecule has 4 heteroatoms. The number of halogens is 1. The average Bonchev–Trinajstić information content (AvgIpc) is 2.29. The van der Waals surface area contributed by atoms with Gasteiger partial charge in [0, 0.05) is 0 Å². The first-order valence-electron chi connectivity index (χ1n) is 5.93. The summed E-state index contributed by atoms with van der Waals surface area (Å²) in [6, 6.07) is 0.0556. The topological polar surface area (TPSA) is 55.1 Å². The van der Waals surface area contributed by atoms with E-state index in [0.717, 1.165) is 24.8 Å². The Bertz CT molecular complexity index is 255. The molecule has 3 N–H and O–H groups in total. The maximum atomic E-state index is 11.3. The lowest BCUT2D eigenvalue weighted by Gasteiger charge is -2.29. The van der Waals surface area contributed by atoms with Crippen LogP contribution < -0.4 is 11.1 Å². The van der Waals surface area contributed by atoms with Gasteiger partial charge in [-0.05, 0) is 25.3 Å². The Balaban J connectivity index is 2.62. The van der Waals surface area contributed by atoms with Gasteiger partial charge in [0.2, 0.25) is 5.91 Å². The van der Waals surface area contributed by atoms with Crippen LogP contribution in [-0.2, 0) is 4.79 Å². The zero-order valence-corrected chi connectivity index (χ0v) is 10.4. The van der Waals surface area contributed by atoms with Crippen LogP contribution in [0.25, 0.3) is 0 Å². The van der Waals surface area contributed by atoms with Crippen molar-refractivity contribution in [1.29, 1.82) is 0 Å². The monoisotopic (exact) mass is 244 g/mol. The summed E-state index contributed by atoms with van der Waals surface area (Å²) in [4.78, 5) is 11.3. The van der Waals surface area contributed by atoms with Crippen LogP contribution in [0.1, 0.15) is 32.1 Å². The van der Waals surface area contributed by atoms with E-state index in [0.29, 0.717) is 12.5 Å². The zero-order valence-electron chi connectivity index (χ0n) is 9.68. The zero-order chi connectivity index (χ0) is 12.0. The summed E-state index contributed by atoms with van der Waals surface area (Å²) in [5, 5.41) is 2.92. The van der Waals surface area contributed by atoms with Gasteiger partial charge in [0.25, 0.3) is 0 Å². The lowest BCUT2D eigenvalue weighted by Crippen LogP contribution is -2.40. The molecule has 0 spiro atoms. The van der Waals surface area contributed by atoms with Crippen LogP contribution in [0, 0.1) is 5.92 Å². The van der Waals surface area contributed by atoms with Crippen LogP contribution in [0.2, 0.25) is 0 Å². The molecule has 0 aromatic carbocycles. The predicted molar refractivity (Wildman–Crippen MR) is 67.4 cm³/mol. The summed E-state index contributed by atoms with van der Waals surface area (Å²) in [6.45, 7) is 4.72.